The summed E-state index contributed by atoms with van der Waals surface area (Å²) in [5, 5.41) is 9.99. The van der Waals surface area contributed by atoms with Crippen molar-refractivity contribution in [1.82, 2.24) is 15.3 Å². The highest BCUT2D eigenvalue weighted by Gasteiger charge is 2.31. The molecule has 2 fully saturated rings. The van der Waals surface area contributed by atoms with Crippen molar-refractivity contribution >= 4 is 23.4 Å². The normalized spacial score (nSPS) is 23.1. The molecule has 1 aromatic carbocycles. The Bertz CT molecular complexity index is 1040. The smallest absolute Gasteiger partial charge is 0.407 e. The first-order chi connectivity index (χ1) is 18.7. The number of carbonyl (C=O) groups is 1. The van der Waals surface area contributed by atoms with E-state index in [2.05, 4.69) is 55.1 Å². The minimum atomic E-state index is -0.317. The number of nitrogens with one attached hydrogen (secondary N) is 3. The fraction of sp³-hybridized carbons (Fsp3) is 0.607. The van der Waals surface area contributed by atoms with E-state index in [1.54, 1.807) is 13.4 Å². The largest absolute Gasteiger partial charge is 0.450 e. The van der Waals surface area contributed by atoms with Crippen LogP contribution in [0, 0.1) is 5.92 Å². The summed E-state index contributed by atoms with van der Waals surface area (Å²) in [6.45, 7) is 2.38. The monoisotopic (exact) mass is 524 g/mol. The second-order valence-corrected chi connectivity index (χ2v) is 10.4. The molecule has 3 aliphatic rings. The quantitative estimate of drug-likeness (QED) is 0.353. The van der Waals surface area contributed by atoms with E-state index in [9.17, 15) is 4.79 Å². The lowest BCUT2D eigenvalue weighted by molar-refractivity contribution is 0.0812. The number of fused-ring (bicyclic) bond motifs is 1. The lowest BCUT2D eigenvalue weighted by Crippen LogP contribution is -2.38. The number of benzene rings is 1. The minimum Gasteiger partial charge on any atom is -0.450 e. The summed E-state index contributed by atoms with van der Waals surface area (Å²) < 4.78 is 16.8. The van der Waals surface area contributed by atoms with E-state index in [0.717, 1.165) is 62.5 Å². The zero-order valence-electron chi connectivity index (χ0n) is 22.2. The topological polar surface area (TPSA) is 110 Å². The molecule has 5 rings (SSSR count). The standard InChI is InChI=1S/C28H40N6O4/c1-36-24(34-19-31-25-26(29-18-30-27(25)34)32-22-14-16-37-17-22)11-6-15-38-28(35)33-23-10-5-9-21(23)13-12-20-7-3-2-4-8-20/h2-4,7-8,18,21-24,31H,5-6,9-17,19H2,1H3,(H,33,35)(H,29,30,32)/t21-,22+,23?,24?/m0/s1. The van der Waals surface area contributed by atoms with Crippen molar-refractivity contribution in [3.05, 3.63) is 42.2 Å². The van der Waals surface area contributed by atoms with Gasteiger partial charge in [0.15, 0.2) is 11.6 Å². The Balaban J connectivity index is 1.05. The molecule has 2 aromatic rings. The lowest BCUT2D eigenvalue weighted by atomic mass is 9.95. The summed E-state index contributed by atoms with van der Waals surface area (Å²) in [6.07, 6.45) is 8.90. The van der Waals surface area contributed by atoms with Gasteiger partial charge in [0.1, 0.15) is 18.2 Å². The summed E-state index contributed by atoms with van der Waals surface area (Å²) in [5.74, 6) is 2.11. The van der Waals surface area contributed by atoms with Crippen LogP contribution in [0.15, 0.2) is 36.7 Å². The van der Waals surface area contributed by atoms with Gasteiger partial charge in [-0.25, -0.2) is 14.8 Å². The van der Waals surface area contributed by atoms with Gasteiger partial charge in [0, 0.05) is 19.8 Å². The van der Waals surface area contributed by atoms with Crippen molar-refractivity contribution in [2.45, 2.75) is 69.7 Å². The molecule has 38 heavy (non-hydrogen) atoms. The number of hydrogen-bond donors (Lipinski definition) is 3. The molecule has 3 heterocycles. The first kappa shape index (κ1) is 26.5. The maximum atomic E-state index is 12.5. The number of aromatic nitrogens is 2. The van der Waals surface area contributed by atoms with Crippen LogP contribution in [-0.4, -0.2) is 68.0 Å². The number of rotatable bonds is 12. The maximum Gasteiger partial charge on any atom is 0.407 e. The third-order valence-corrected chi connectivity index (χ3v) is 7.85. The Hall–Kier alpha value is -3.11. The maximum absolute atomic E-state index is 12.5. The number of nitrogens with zero attached hydrogens (tertiary/aromatic N) is 3. The van der Waals surface area contributed by atoms with Gasteiger partial charge in [0.05, 0.1) is 25.9 Å². The van der Waals surface area contributed by atoms with Crippen molar-refractivity contribution in [2.75, 3.05) is 49.1 Å². The van der Waals surface area contributed by atoms with Crippen LogP contribution < -0.4 is 20.9 Å². The van der Waals surface area contributed by atoms with Crippen molar-refractivity contribution in [3.63, 3.8) is 0 Å². The van der Waals surface area contributed by atoms with Crippen LogP contribution in [0.5, 0.6) is 0 Å². The fourth-order valence-electron chi connectivity index (χ4n) is 5.77. The van der Waals surface area contributed by atoms with Gasteiger partial charge in [0.25, 0.3) is 0 Å². The third kappa shape index (κ3) is 6.66. The van der Waals surface area contributed by atoms with Crippen LogP contribution in [0.1, 0.15) is 50.5 Å². The zero-order chi connectivity index (χ0) is 26.2. The highest BCUT2D eigenvalue weighted by molar-refractivity contribution is 5.81. The van der Waals surface area contributed by atoms with Gasteiger partial charge in [-0.1, -0.05) is 36.8 Å². The van der Waals surface area contributed by atoms with Gasteiger partial charge in [-0.2, -0.15) is 0 Å². The number of alkyl carbamates (subject to hydrolysis) is 1. The van der Waals surface area contributed by atoms with Crippen LogP contribution in [-0.2, 0) is 20.6 Å². The second-order valence-electron chi connectivity index (χ2n) is 10.4. The Morgan fingerprint density at radius 3 is 2.95 bits per heavy atom. The molecule has 0 bridgehead atoms. The molecular formula is C28H40N6O4. The molecule has 2 aliphatic heterocycles. The Labute approximate surface area is 224 Å². The number of aryl methyl sites for hydroxylation is 1. The molecule has 1 saturated heterocycles. The predicted molar refractivity (Wildman–Crippen MR) is 146 cm³/mol. The molecule has 3 N–H and O–H groups in total. The summed E-state index contributed by atoms with van der Waals surface area (Å²) in [6, 6.07) is 11.0. The molecule has 10 nitrogen and oxygen atoms in total. The average molecular weight is 525 g/mol. The number of ether oxygens (including phenoxy) is 3. The summed E-state index contributed by atoms with van der Waals surface area (Å²) >= 11 is 0. The van der Waals surface area contributed by atoms with E-state index >= 15 is 0 Å². The van der Waals surface area contributed by atoms with Gasteiger partial charge in [0.2, 0.25) is 0 Å². The lowest BCUT2D eigenvalue weighted by Gasteiger charge is -2.27. The van der Waals surface area contributed by atoms with Crippen molar-refractivity contribution < 1.29 is 19.0 Å². The molecule has 1 amide bonds. The molecule has 0 radical (unpaired) electrons. The highest BCUT2D eigenvalue weighted by Crippen LogP contribution is 2.36. The van der Waals surface area contributed by atoms with Crippen molar-refractivity contribution in [1.29, 1.82) is 0 Å². The van der Waals surface area contributed by atoms with Gasteiger partial charge in [-0.15, -0.1) is 0 Å². The van der Waals surface area contributed by atoms with E-state index in [1.165, 1.54) is 5.56 Å². The van der Waals surface area contributed by atoms with Gasteiger partial charge in [-0.3, -0.25) is 0 Å². The van der Waals surface area contributed by atoms with Crippen LogP contribution in [0.2, 0.25) is 0 Å². The molecule has 1 aliphatic carbocycles. The molecule has 206 valence electrons. The molecular weight excluding hydrogens is 484 g/mol. The average Bonchev–Trinajstić information content (AvgIpc) is 3.71. The fourth-order valence-corrected chi connectivity index (χ4v) is 5.77. The summed E-state index contributed by atoms with van der Waals surface area (Å²) in [5.41, 5.74) is 2.24. The number of hydrogen-bond acceptors (Lipinski definition) is 9. The predicted octanol–water partition coefficient (Wildman–Crippen LogP) is 4.15. The number of carbonyl (C=O) groups excluding carboxylic acids is 1. The van der Waals surface area contributed by atoms with Crippen LogP contribution in [0.25, 0.3) is 0 Å². The van der Waals surface area contributed by atoms with E-state index in [4.69, 9.17) is 14.2 Å². The Kier molecular flexibility index (Phi) is 9.14. The molecule has 2 unspecified atom stereocenters. The molecule has 0 spiro atoms. The minimum absolute atomic E-state index is 0.190. The summed E-state index contributed by atoms with van der Waals surface area (Å²) in [7, 11) is 1.70. The van der Waals surface area contributed by atoms with Gasteiger partial charge < -0.3 is 35.1 Å². The Morgan fingerprint density at radius 2 is 2.13 bits per heavy atom. The first-order valence-electron chi connectivity index (χ1n) is 13.9. The molecule has 1 aromatic heterocycles. The van der Waals surface area contributed by atoms with Crippen molar-refractivity contribution in [3.8, 4) is 0 Å². The van der Waals surface area contributed by atoms with E-state index < -0.39 is 0 Å². The van der Waals surface area contributed by atoms with Crippen LogP contribution in [0.4, 0.5) is 22.1 Å². The molecule has 4 atom stereocenters. The second kappa shape index (κ2) is 13.1. The molecule has 10 heteroatoms. The molecule has 1 saturated carbocycles. The van der Waals surface area contributed by atoms with Crippen molar-refractivity contribution in [2.24, 2.45) is 5.92 Å². The zero-order valence-corrected chi connectivity index (χ0v) is 22.2. The number of amides is 1. The van der Waals surface area contributed by atoms with E-state index in [-0.39, 0.29) is 24.4 Å². The SMILES string of the molecule is COC(CCCOC(=O)NC1CCC[C@H]1CCc1ccccc1)N1CNc2c(N[C@@H]3CCOC3)ncnc21. The number of anilines is 3. The summed E-state index contributed by atoms with van der Waals surface area (Å²) in [4.78, 5) is 23.5. The van der Waals surface area contributed by atoms with Crippen LogP contribution in [0.3, 0.4) is 0 Å². The highest BCUT2D eigenvalue weighted by atomic mass is 16.5. The van der Waals surface area contributed by atoms with Gasteiger partial charge in [-0.05, 0) is 56.4 Å². The first-order valence-corrected chi connectivity index (χ1v) is 13.9. The van der Waals surface area contributed by atoms with Crippen LogP contribution >= 0.6 is 0 Å². The Morgan fingerprint density at radius 1 is 1.24 bits per heavy atom. The third-order valence-electron chi connectivity index (χ3n) is 7.85. The van der Waals surface area contributed by atoms with E-state index in [1.807, 2.05) is 6.07 Å². The van der Waals surface area contributed by atoms with E-state index in [0.29, 0.717) is 38.6 Å². The number of methoxy groups -OCH3 is 1. The van der Waals surface area contributed by atoms with Gasteiger partial charge >= 0.3 is 6.09 Å².